The van der Waals surface area contributed by atoms with E-state index in [1.165, 1.54) is 25.6 Å². The van der Waals surface area contributed by atoms with Gasteiger partial charge in [0.25, 0.3) is 5.91 Å². The summed E-state index contributed by atoms with van der Waals surface area (Å²) < 4.78 is 10.4. The Hall–Kier alpha value is -3.46. The third-order valence-corrected chi connectivity index (χ3v) is 5.64. The van der Waals surface area contributed by atoms with Gasteiger partial charge in [-0.3, -0.25) is 14.6 Å². The molecule has 2 amide bonds. The molecule has 3 rings (SSSR count). The summed E-state index contributed by atoms with van der Waals surface area (Å²) in [6.45, 7) is 4.03. The van der Waals surface area contributed by atoms with Crippen LogP contribution in [0.3, 0.4) is 0 Å². The minimum atomic E-state index is -0.709. The van der Waals surface area contributed by atoms with E-state index in [1.54, 1.807) is 30.6 Å². The Balaban J connectivity index is 1.65. The summed E-state index contributed by atoms with van der Waals surface area (Å²) in [7, 11) is 3.03. The number of rotatable bonds is 9. The molecule has 1 unspecified atom stereocenters. The maximum absolute atomic E-state index is 12.8. The number of benzene rings is 1. The molecule has 2 N–H and O–H groups in total. The number of hydrogen-bond donors (Lipinski definition) is 2. The zero-order chi connectivity index (χ0) is 23.1. The van der Waals surface area contributed by atoms with E-state index >= 15 is 0 Å². The van der Waals surface area contributed by atoms with E-state index in [-0.39, 0.29) is 24.3 Å². The van der Waals surface area contributed by atoms with E-state index in [0.717, 1.165) is 16.3 Å². The Morgan fingerprint density at radius 2 is 1.72 bits per heavy atom. The smallest absolute Gasteiger partial charge is 0.252 e. The van der Waals surface area contributed by atoms with E-state index in [0.29, 0.717) is 17.1 Å². The summed E-state index contributed by atoms with van der Waals surface area (Å²) in [5.41, 5.74) is 2.15. The molecule has 0 fully saturated rings. The first-order valence-corrected chi connectivity index (χ1v) is 11.0. The number of hydrogen-bond acceptors (Lipinski definition) is 7. The fraction of sp³-hybridized carbons (Fsp3) is 0.304. The predicted molar refractivity (Wildman–Crippen MR) is 123 cm³/mol. The molecule has 2 heterocycles. The number of nitrogens with zero attached hydrogens (tertiary/aromatic N) is 2. The highest BCUT2D eigenvalue weighted by Crippen LogP contribution is 2.23. The number of methoxy groups -OCH3 is 2. The van der Waals surface area contributed by atoms with Crippen LogP contribution in [0, 0.1) is 5.92 Å². The minimum absolute atomic E-state index is 0.116. The van der Waals surface area contributed by atoms with Gasteiger partial charge in [-0.25, -0.2) is 4.98 Å². The van der Waals surface area contributed by atoms with Crippen LogP contribution in [0.25, 0.3) is 11.3 Å². The van der Waals surface area contributed by atoms with E-state index < -0.39 is 6.04 Å². The molecular weight excluding hydrogens is 428 g/mol. The molecule has 3 aromatic rings. The van der Waals surface area contributed by atoms with Crippen molar-refractivity contribution < 1.29 is 19.1 Å². The Bertz CT molecular complexity index is 1050. The molecule has 2 aromatic heterocycles. The molecule has 1 atom stereocenters. The van der Waals surface area contributed by atoms with Gasteiger partial charge in [0.1, 0.15) is 22.5 Å². The van der Waals surface area contributed by atoms with Gasteiger partial charge in [0, 0.05) is 35.0 Å². The Labute approximate surface area is 191 Å². The first-order chi connectivity index (χ1) is 15.4. The molecule has 0 radical (unpaired) electrons. The molecule has 0 saturated carbocycles. The number of ether oxygens (including phenoxy) is 2. The van der Waals surface area contributed by atoms with E-state index in [4.69, 9.17) is 9.47 Å². The Morgan fingerprint density at radius 3 is 2.31 bits per heavy atom. The number of aromatic nitrogens is 2. The third kappa shape index (κ3) is 5.82. The van der Waals surface area contributed by atoms with Crippen LogP contribution >= 0.6 is 11.3 Å². The van der Waals surface area contributed by atoms with Crippen LogP contribution in [0.2, 0.25) is 0 Å². The van der Waals surface area contributed by atoms with Crippen LogP contribution in [0.4, 0.5) is 0 Å². The second-order valence-corrected chi connectivity index (χ2v) is 8.32. The van der Waals surface area contributed by atoms with E-state index in [9.17, 15) is 9.59 Å². The van der Waals surface area contributed by atoms with Crippen molar-refractivity contribution in [3.05, 3.63) is 58.7 Å². The third-order valence-electron chi connectivity index (χ3n) is 4.79. The number of pyridine rings is 1. The predicted octanol–water partition coefficient (Wildman–Crippen LogP) is 3.29. The van der Waals surface area contributed by atoms with Gasteiger partial charge in [-0.1, -0.05) is 13.8 Å². The molecule has 0 bridgehead atoms. The second kappa shape index (κ2) is 10.7. The zero-order valence-electron chi connectivity index (χ0n) is 18.4. The zero-order valence-corrected chi connectivity index (χ0v) is 19.2. The summed E-state index contributed by atoms with van der Waals surface area (Å²) in [5.74, 6) is 0.215. The maximum Gasteiger partial charge on any atom is 0.252 e. The molecule has 168 valence electrons. The maximum atomic E-state index is 12.8. The second-order valence-electron chi connectivity index (χ2n) is 7.38. The van der Waals surface area contributed by atoms with Crippen LogP contribution in [-0.2, 0) is 11.3 Å². The SMILES string of the molecule is COc1cc(OC)cc(C(=O)NC(C(=O)NCc2nc(-c3ccncc3)cs2)C(C)C)c1. The molecule has 9 heteroatoms. The van der Waals surface area contributed by atoms with Crippen molar-refractivity contribution in [3.8, 4) is 22.8 Å². The summed E-state index contributed by atoms with van der Waals surface area (Å²) in [5, 5.41) is 8.41. The molecular formula is C23H26N4O4S. The molecule has 0 aliphatic heterocycles. The summed E-state index contributed by atoms with van der Waals surface area (Å²) in [4.78, 5) is 34.2. The fourth-order valence-electron chi connectivity index (χ4n) is 3.02. The number of carbonyl (C=O) groups excluding carboxylic acids is 2. The Kier molecular flexibility index (Phi) is 7.77. The minimum Gasteiger partial charge on any atom is -0.497 e. The lowest BCUT2D eigenvalue weighted by Gasteiger charge is -2.21. The fourth-order valence-corrected chi connectivity index (χ4v) is 3.76. The Morgan fingerprint density at radius 1 is 1.06 bits per heavy atom. The van der Waals surface area contributed by atoms with Crippen LogP contribution in [0.5, 0.6) is 11.5 Å². The standard InChI is InChI=1S/C23H26N4O4S/c1-14(2)21(27-22(28)16-9-17(30-3)11-18(10-16)31-4)23(29)25-12-20-26-19(13-32-20)15-5-7-24-8-6-15/h5-11,13-14,21H,12H2,1-4H3,(H,25,29)(H,27,28). The molecule has 32 heavy (non-hydrogen) atoms. The average Bonchev–Trinajstić information content (AvgIpc) is 3.30. The highest BCUT2D eigenvalue weighted by Gasteiger charge is 2.25. The molecule has 0 spiro atoms. The van der Waals surface area contributed by atoms with Gasteiger partial charge in [-0.05, 0) is 30.2 Å². The highest BCUT2D eigenvalue weighted by molar-refractivity contribution is 7.09. The summed E-state index contributed by atoms with van der Waals surface area (Å²) in [6, 6.07) is 7.94. The van der Waals surface area contributed by atoms with Crippen LogP contribution in [-0.4, -0.2) is 42.0 Å². The number of thiazole rings is 1. The topological polar surface area (TPSA) is 102 Å². The quantitative estimate of drug-likeness (QED) is 0.514. The van der Waals surface area contributed by atoms with Crippen LogP contribution in [0.15, 0.2) is 48.1 Å². The van der Waals surface area contributed by atoms with E-state index in [2.05, 4.69) is 20.6 Å². The lowest BCUT2D eigenvalue weighted by molar-refractivity contribution is -0.124. The summed E-state index contributed by atoms with van der Waals surface area (Å²) in [6.07, 6.45) is 3.42. The van der Waals surface area contributed by atoms with Crippen molar-refractivity contribution in [1.82, 2.24) is 20.6 Å². The van der Waals surface area contributed by atoms with Crippen molar-refractivity contribution in [1.29, 1.82) is 0 Å². The van der Waals surface area contributed by atoms with Gasteiger partial charge < -0.3 is 20.1 Å². The molecule has 0 saturated heterocycles. The van der Waals surface area contributed by atoms with E-state index in [1.807, 2.05) is 31.4 Å². The van der Waals surface area contributed by atoms with Gasteiger partial charge >= 0.3 is 0 Å². The molecule has 0 aliphatic carbocycles. The van der Waals surface area contributed by atoms with Gasteiger partial charge in [0.05, 0.1) is 26.5 Å². The lowest BCUT2D eigenvalue weighted by atomic mass is 10.0. The average molecular weight is 455 g/mol. The van der Waals surface area contributed by atoms with Crippen molar-refractivity contribution >= 4 is 23.2 Å². The van der Waals surface area contributed by atoms with Crippen molar-refractivity contribution in [2.75, 3.05) is 14.2 Å². The summed E-state index contributed by atoms with van der Waals surface area (Å²) >= 11 is 1.46. The van der Waals surface area contributed by atoms with Gasteiger partial charge in [0.2, 0.25) is 5.91 Å². The molecule has 1 aromatic carbocycles. The highest BCUT2D eigenvalue weighted by atomic mass is 32.1. The number of amides is 2. The first-order valence-electron chi connectivity index (χ1n) is 10.1. The molecule has 0 aliphatic rings. The van der Waals surface area contributed by atoms with Crippen molar-refractivity contribution in [2.24, 2.45) is 5.92 Å². The van der Waals surface area contributed by atoms with Gasteiger partial charge in [0.15, 0.2) is 0 Å². The number of carbonyl (C=O) groups is 2. The van der Waals surface area contributed by atoms with Crippen LogP contribution < -0.4 is 20.1 Å². The van der Waals surface area contributed by atoms with Crippen molar-refractivity contribution in [3.63, 3.8) is 0 Å². The normalized spacial score (nSPS) is 11.7. The van der Waals surface area contributed by atoms with Gasteiger partial charge in [-0.2, -0.15) is 0 Å². The van der Waals surface area contributed by atoms with Crippen molar-refractivity contribution in [2.45, 2.75) is 26.4 Å². The first kappa shape index (κ1) is 23.2. The monoisotopic (exact) mass is 454 g/mol. The van der Waals surface area contributed by atoms with Gasteiger partial charge in [-0.15, -0.1) is 11.3 Å². The number of nitrogens with one attached hydrogen (secondary N) is 2. The lowest BCUT2D eigenvalue weighted by Crippen LogP contribution is -2.49. The van der Waals surface area contributed by atoms with Crippen LogP contribution in [0.1, 0.15) is 29.2 Å². The largest absolute Gasteiger partial charge is 0.497 e. The molecule has 8 nitrogen and oxygen atoms in total.